The molecule has 0 rings (SSSR count). The monoisotopic (exact) mass is 773 g/mol. The van der Waals surface area contributed by atoms with Crippen LogP contribution in [0.1, 0.15) is 246 Å². The normalized spacial score (nSPS) is 12.0. The average molecular weight is 773 g/mol. The van der Waals surface area contributed by atoms with Crippen LogP contribution in [0.4, 0.5) is 0 Å². The molecule has 0 aliphatic rings. The summed E-state index contributed by atoms with van der Waals surface area (Å²) >= 11 is 0. The highest BCUT2D eigenvalue weighted by atomic mass is 16.5. The highest BCUT2D eigenvalue weighted by Gasteiger charge is 2.27. The van der Waals surface area contributed by atoms with E-state index in [1.807, 2.05) is 0 Å². The van der Waals surface area contributed by atoms with Crippen molar-refractivity contribution in [3.05, 3.63) is 0 Å². The van der Waals surface area contributed by atoms with E-state index in [0.717, 1.165) is 39.3 Å². The molecule has 328 valence electrons. The second-order valence-corrected chi connectivity index (χ2v) is 17.1. The quantitative estimate of drug-likeness (QED) is 0.0460. The first-order valence-corrected chi connectivity index (χ1v) is 24.1. The molecular formula is C48H100O6. The van der Waals surface area contributed by atoms with Gasteiger partial charge >= 0.3 is 0 Å². The van der Waals surface area contributed by atoms with Crippen molar-refractivity contribution < 1.29 is 29.9 Å². The van der Waals surface area contributed by atoms with E-state index in [1.165, 1.54) is 205 Å². The van der Waals surface area contributed by atoms with Crippen LogP contribution >= 0.6 is 0 Å². The Balaban J connectivity index is 0. The number of hydrogen-bond donors (Lipinski definition) is 4. The molecule has 0 radical (unpaired) electrons. The van der Waals surface area contributed by atoms with Crippen molar-refractivity contribution >= 4 is 0 Å². The summed E-state index contributed by atoms with van der Waals surface area (Å²) in [6.45, 7) is 11.2. The highest BCUT2D eigenvalue weighted by molar-refractivity contribution is 4.76. The van der Waals surface area contributed by atoms with Crippen molar-refractivity contribution in [2.45, 2.75) is 246 Å². The minimum atomic E-state index is -1.11. The van der Waals surface area contributed by atoms with Crippen LogP contribution in [-0.2, 0) is 9.47 Å². The highest BCUT2D eigenvalue weighted by Crippen LogP contribution is 2.28. The number of rotatable bonds is 44. The lowest BCUT2D eigenvalue weighted by Gasteiger charge is -2.31. The van der Waals surface area contributed by atoms with E-state index in [0.29, 0.717) is 0 Å². The maximum absolute atomic E-state index is 8.50. The minimum Gasteiger partial charge on any atom is -0.396 e. The van der Waals surface area contributed by atoms with Crippen molar-refractivity contribution in [3.8, 4) is 0 Å². The second-order valence-electron chi connectivity index (χ2n) is 17.1. The zero-order valence-corrected chi connectivity index (χ0v) is 37.3. The molecule has 0 saturated carbocycles. The van der Waals surface area contributed by atoms with Gasteiger partial charge in [0, 0.05) is 18.6 Å². The van der Waals surface area contributed by atoms with Gasteiger partial charge in [0.15, 0.2) is 0 Å². The fraction of sp³-hybridized carbons (Fsp3) is 1.00. The van der Waals surface area contributed by atoms with Gasteiger partial charge in [0.25, 0.3) is 0 Å². The molecule has 0 atom stereocenters. The molecule has 0 amide bonds. The minimum absolute atomic E-state index is 0.212. The zero-order valence-electron chi connectivity index (χ0n) is 37.3. The largest absolute Gasteiger partial charge is 0.396 e. The topological polar surface area (TPSA) is 99.4 Å². The fourth-order valence-corrected chi connectivity index (χ4v) is 7.08. The Kier molecular flexibility index (Phi) is 47.0. The van der Waals surface area contributed by atoms with Gasteiger partial charge in [-0.25, -0.2) is 0 Å². The molecule has 0 aromatic rings. The summed E-state index contributed by atoms with van der Waals surface area (Å²) in [6, 6.07) is 0. The fourth-order valence-electron chi connectivity index (χ4n) is 7.08. The summed E-state index contributed by atoms with van der Waals surface area (Å²) in [6.07, 6.45) is 47.8. The molecule has 0 aromatic carbocycles. The molecule has 0 aromatic heterocycles. The van der Waals surface area contributed by atoms with Crippen LogP contribution in [0.15, 0.2) is 0 Å². The second kappa shape index (κ2) is 45.5. The van der Waals surface area contributed by atoms with Gasteiger partial charge in [0.1, 0.15) is 0 Å². The predicted molar refractivity (Wildman–Crippen MR) is 235 cm³/mol. The molecular weight excluding hydrogens is 673 g/mol. The molecule has 0 aliphatic carbocycles. The van der Waals surface area contributed by atoms with Gasteiger partial charge in [-0.15, -0.1) is 0 Å². The zero-order chi connectivity index (χ0) is 40.1. The SMILES string of the molecule is CCCCCCCCCCCCCCCCCCOCC(CC)(CC)COCCCCCCCCCCCCCCCCCC.OCC(CO)(CO)CO. The Morgan fingerprint density at radius 1 is 0.278 bits per heavy atom. The van der Waals surface area contributed by atoms with Crippen molar-refractivity contribution in [2.75, 3.05) is 52.9 Å². The van der Waals surface area contributed by atoms with Crippen LogP contribution in [0.3, 0.4) is 0 Å². The molecule has 0 heterocycles. The lowest BCUT2D eigenvalue weighted by Crippen LogP contribution is -2.37. The average Bonchev–Trinajstić information content (AvgIpc) is 3.20. The van der Waals surface area contributed by atoms with E-state index in [9.17, 15) is 0 Å². The smallest absolute Gasteiger partial charge is 0.0627 e. The van der Waals surface area contributed by atoms with Crippen LogP contribution in [0, 0.1) is 10.8 Å². The summed E-state index contributed by atoms with van der Waals surface area (Å²) in [5, 5.41) is 34.0. The van der Waals surface area contributed by atoms with Crippen LogP contribution in [-0.4, -0.2) is 73.3 Å². The molecule has 0 fully saturated rings. The summed E-state index contributed by atoms with van der Waals surface area (Å²) in [5.41, 5.74) is -0.899. The number of unbranched alkanes of at least 4 members (excludes halogenated alkanes) is 30. The summed E-state index contributed by atoms with van der Waals surface area (Å²) in [5.74, 6) is 0. The molecule has 0 saturated heterocycles. The van der Waals surface area contributed by atoms with Gasteiger partial charge in [-0.3, -0.25) is 0 Å². The first kappa shape index (κ1) is 55.9. The standard InChI is InChI=1S/C43H88O2.C5H12O4/c1-5-9-11-13-15-17-19-21-23-25-27-29-31-33-35-37-39-44-41-43(7-3,8-4)42-45-40-38-36-34-32-30-28-26-24-22-20-18-16-14-12-10-6-2;6-1-5(2-7,3-8)4-9/h5-42H2,1-4H3;6-9H,1-4H2. The predicted octanol–water partition coefficient (Wildman–Crippen LogP) is 13.3. The third-order valence-corrected chi connectivity index (χ3v) is 11.9. The lowest BCUT2D eigenvalue weighted by atomic mass is 9.84. The third kappa shape index (κ3) is 37.3. The number of aliphatic hydroxyl groups is 4. The molecule has 0 bridgehead atoms. The van der Waals surface area contributed by atoms with Gasteiger partial charge in [-0.1, -0.05) is 220 Å². The number of hydrogen-bond acceptors (Lipinski definition) is 6. The van der Waals surface area contributed by atoms with Gasteiger partial charge in [0.05, 0.1) is 45.1 Å². The van der Waals surface area contributed by atoms with E-state index in [1.54, 1.807) is 0 Å². The lowest BCUT2D eigenvalue weighted by molar-refractivity contribution is -0.0328. The summed E-state index contributed by atoms with van der Waals surface area (Å²) in [4.78, 5) is 0. The Morgan fingerprint density at radius 3 is 0.648 bits per heavy atom. The van der Waals surface area contributed by atoms with Crippen molar-refractivity contribution in [1.82, 2.24) is 0 Å². The van der Waals surface area contributed by atoms with Crippen LogP contribution in [0.2, 0.25) is 0 Å². The van der Waals surface area contributed by atoms with Gasteiger partial charge in [-0.05, 0) is 25.7 Å². The van der Waals surface area contributed by atoms with Gasteiger partial charge in [0.2, 0.25) is 0 Å². The van der Waals surface area contributed by atoms with Crippen molar-refractivity contribution in [2.24, 2.45) is 10.8 Å². The molecule has 0 spiro atoms. The number of aliphatic hydroxyl groups excluding tert-OH is 4. The Morgan fingerprint density at radius 2 is 0.481 bits per heavy atom. The van der Waals surface area contributed by atoms with Gasteiger partial charge in [-0.2, -0.15) is 0 Å². The third-order valence-electron chi connectivity index (χ3n) is 11.9. The maximum atomic E-state index is 8.50. The van der Waals surface area contributed by atoms with Gasteiger partial charge < -0.3 is 29.9 Å². The number of ether oxygens (including phenoxy) is 2. The van der Waals surface area contributed by atoms with Crippen LogP contribution in [0.25, 0.3) is 0 Å². The Bertz CT molecular complexity index is 606. The maximum Gasteiger partial charge on any atom is 0.0627 e. The van der Waals surface area contributed by atoms with E-state index >= 15 is 0 Å². The van der Waals surface area contributed by atoms with Crippen molar-refractivity contribution in [1.29, 1.82) is 0 Å². The molecule has 54 heavy (non-hydrogen) atoms. The molecule has 0 aliphatic heterocycles. The molecule has 4 N–H and O–H groups in total. The summed E-state index contributed by atoms with van der Waals surface area (Å²) < 4.78 is 12.4. The summed E-state index contributed by atoms with van der Waals surface area (Å²) in [7, 11) is 0. The van der Waals surface area contributed by atoms with Crippen LogP contribution in [0.5, 0.6) is 0 Å². The van der Waals surface area contributed by atoms with E-state index in [4.69, 9.17) is 29.9 Å². The Hall–Kier alpha value is -0.240. The first-order valence-electron chi connectivity index (χ1n) is 24.1. The van der Waals surface area contributed by atoms with E-state index in [-0.39, 0.29) is 5.41 Å². The Labute approximate surface area is 338 Å². The molecule has 6 heteroatoms. The van der Waals surface area contributed by atoms with E-state index in [2.05, 4.69) is 27.7 Å². The van der Waals surface area contributed by atoms with Crippen LogP contribution < -0.4 is 0 Å². The van der Waals surface area contributed by atoms with Crippen molar-refractivity contribution in [3.63, 3.8) is 0 Å². The molecule has 6 nitrogen and oxygen atoms in total. The first-order chi connectivity index (χ1) is 26.5. The molecule has 0 unspecified atom stereocenters. The van der Waals surface area contributed by atoms with E-state index < -0.39 is 31.8 Å².